The third-order valence-corrected chi connectivity index (χ3v) is 4.86. The Kier molecular flexibility index (Phi) is 6.16. The molecule has 0 unspecified atom stereocenters. The number of barbiturate groups is 1. The van der Waals surface area contributed by atoms with E-state index in [2.05, 4.69) is 21.2 Å². The van der Waals surface area contributed by atoms with Crippen molar-refractivity contribution in [1.82, 2.24) is 5.32 Å². The highest BCUT2D eigenvalue weighted by Crippen LogP contribution is 2.30. The van der Waals surface area contributed by atoms with Crippen molar-refractivity contribution in [2.45, 2.75) is 13.3 Å². The summed E-state index contributed by atoms with van der Waals surface area (Å²) in [7, 11) is 0. The Bertz CT molecular complexity index is 990. The maximum Gasteiger partial charge on any atom is 0.335 e. The number of carbonyl (C=O) groups excluding carboxylic acids is 3. The molecule has 6 nitrogen and oxygen atoms in total. The van der Waals surface area contributed by atoms with Crippen molar-refractivity contribution in [2.75, 3.05) is 11.5 Å². The van der Waals surface area contributed by atoms with Crippen LogP contribution in [-0.4, -0.2) is 24.5 Å². The number of benzene rings is 2. The number of imide groups is 2. The van der Waals surface area contributed by atoms with Gasteiger partial charge >= 0.3 is 6.03 Å². The molecule has 3 rings (SSSR count). The number of carbonyl (C=O) groups is 3. The summed E-state index contributed by atoms with van der Waals surface area (Å²) in [6.07, 6.45) is 2.29. The molecule has 0 aliphatic carbocycles. The number of hydrogen-bond donors (Lipinski definition) is 1. The van der Waals surface area contributed by atoms with Gasteiger partial charge in [0.15, 0.2) is 0 Å². The molecule has 1 N–H and O–H groups in total. The average molecular weight is 464 g/mol. The number of nitrogens with one attached hydrogen (secondary N) is 1. The molecule has 1 saturated heterocycles. The quantitative estimate of drug-likeness (QED) is 0.521. The van der Waals surface area contributed by atoms with Crippen LogP contribution in [0.1, 0.15) is 18.9 Å². The summed E-state index contributed by atoms with van der Waals surface area (Å²) < 4.78 is 6.29. The average Bonchev–Trinajstić information content (AvgIpc) is 2.66. The second kappa shape index (κ2) is 8.58. The fourth-order valence-corrected chi connectivity index (χ4v) is 3.34. The van der Waals surface area contributed by atoms with Gasteiger partial charge in [0, 0.05) is 0 Å². The van der Waals surface area contributed by atoms with Crippen LogP contribution in [0.15, 0.2) is 52.5 Å². The highest BCUT2D eigenvalue weighted by molar-refractivity contribution is 9.10. The van der Waals surface area contributed by atoms with Gasteiger partial charge in [-0.2, -0.15) is 0 Å². The lowest BCUT2D eigenvalue weighted by Gasteiger charge is -2.27. The predicted molar refractivity (Wildman–Crippen MR) is 110 cm³/mol. The van der Waals surface area contributed by atoms with Crippen molar-refractivity contribution < 1.29 is 19.1 Å². The van der Waals surface area contributed by atoms with Gasteiger partial charge in [-0.1, -0.05) is 36.7 Å². The summed E-state index contributed by atoms with van der Waals surface area (Å²) in [5, 5.41) is 2.40. The number of halogens is 2. The van der Waals surface area contributed by atoms with Crippen molar-refractivity contribution in [3.8, 4) is 5.75 Å². The monoisotopic (exact) mass is 462 g/mol. The summed E-state index contributed by atoms with van der Waals surface area (Å²) >= 11 is 9.53. The van der Waals surface area contributed by atoms with Gasteiger partial charge in [0.1, 0.15) is 11.3 Å². The Morgan fingerprint density at radius 2 is 1.93 bits per heavy atom. The second-order valence-electron chi connectivity index (χ2n) is 5.95. The smallest absolute Gasteiger partial charge is 0.335 e. The van der Waals surface area contributed by atoms with E-state index in [0.717, 1.165) is 11.3 Å². The number of anilines is 1. The van der Waals surface area contributed by atoms with E-state index >= 15 is 0 Å². The SMILES string of the molecule is CCCOc1ccc(/C=C2\C(=O)NC(=O)N(c3ccccc3Cl)C2=O)cc1Br. The van der Waals surface area contributed by atoms with E-state index in [9.17, 15) is 14.4 Å². The van der Waals surface area contributed by atoms with E-state index in [-0.39, 0.29) is 16.3 Å². The summed E-state index contributed by atoms with van der Waals surface area (Å²) in [6, 6.07) is 10.8. The van der Waals surface area contributed by atoms with Crippen LogP contribution in [0.5, 0.6) is 5.75 Å². The van der Waals surface area contributed by atoms with Gasteiger partial charge in [0.2, 0.25) is 0 Å². The van der Waals surface area contributed by atoms with Crippen LogP contribution in [0, 0.1) is 0 Å². The van der Waals surface area contributed by atoms with Crippen molar-refractivity contribution in [3.05, 3.63) is 63.1 Å². The Morgan fingerprint density at radius 1 is 1.18 bits per heavy atom. The van der Waals surface area contributed by atoms with Crippen molar-refractivity contribution in [1.29, 1.82) is 0 Å². The summed E-state index contributed by atoms with van der Waals surface area (Å²) in [5.74, 6) is -0.846. The Morgan fingerprint density at radius 3 is 2.61 bits per heavy atom. The maximum absolute atomic E-state index is 12.9. The van der Waals surface area contributed by atoms with Gasteiger partial charge < -0.3 is 4.74 Å². The van der Waals surface area contributed by atoms with Crippen molar-refractivity contribution in [3.63, 3.8) is 0 Å². The van der Waals surface area contributed by atoms with Crippen LogP contribution in [0.2, 0.25) is 5.02 Å². The second-order valence-corrected chi connectivity index (χ2v) is 7.21. The summed E-state index contributed by atoms with van der Waals surface area (Å²) in [4.78, 5) is 38.2. The van der Waals surface area contributed by atoms with E-state index in [1.165, 1.54) is 12.1 Å². The molecule has 0 radical (unpaired) electrons. The fraction of sp³-hybridized carbons (Fsp3) is 0.150. The number of hydrogen-bond acceptors (Lipinski definition) is 4. The molecule has 0 atom stereocenters. The molecule has 8 heteroatoms. The Labute approximate surface area is 175 Å². The van der Waals surface area contributed by atoms with Crippen LogP contribution >= 0.6 is 27.5 Å². The van der Waals surface area contributed by atoms with Gasteiger partial charge in [-0.15, -0.1) is 0 Å². The van der Waals surface area contributed by atoms with Crippen molar-refractivity contribution in [2.24, 2.45) is 0 Å². The third-order valence-electron chi connectivity index (χ3n) is 3.92. The lowest BCUT2D eigenvalue weighted by molar-refractivity contribution is -0.122. The molecule has 0 aromatic heterocycles. The zero-order chi connectivity index (χ0) is 20.3. The molecule has 1 aliphatic rings. The molecule has 28 heavy (non-hydrogen) atoms. The minimum atomic E-state index is -0.843. The molecule has 0 bridgehead atoms. The molecule has 1 heterocycles. The highest BCUT2D eigenvalue weighted by atomic mass is 79.9. The van der Waals surface area contributed by atoms with E-state index in [1.807, 2.05) is 6.92 Å². The van der Waals surface area contributed by atoms with Crippen LogP contribution < -0.4 is 15.0 Å². The lowest BCUT2D eigenvalue weighted by atomic mass is 10.1. The number of nitrogens with zero attached hydrogens (tertiary/aromatic N) is 1. The molecule has 144 valence electrons. The largest absolute Gasteiger partial charge is 0.492 e. The standard InChI is InChI=1S/C20H16BrClN2O4/c1-2-9-28-17-8-7-12(11-14(17)21)10-13-18(25)23-20(27)24(19(13)26)16-6-4-3-5-15(16)22/h3-8,10-11H,2,9H2,1H3,(H,23,25,27)/b13-10+. The zero-order valence-corrected chi connectivity index (χ0v) is 17.2. The van der Waals surface area contributed by atoms with Crippen LogP contribution in [0.4, 0.5) is 10.5 Å². The zero-order valence-electron chi connectivity index (χ0n) is 14.9. The number of rotatable bonds is 5. The minimum absolute atomic E-state index is 0.173. The summed E-state index contributed by atoms with van der Waals surface area (Å²) in [5.41, 5.74) is 0.630. The van der Waals surface area contributed by atoms with Crippen LogP contribution in [-0.2, 0) is 9.59 Å². The van der Waals surface area contributed by atoms with Crippen LogP contribution in [0.25, 0.3) is 6.08 Å². The molecule has 0 spiro atoms. The molecule has 1 aliphatic heterocycles. The molecule has 2 aromatic rings. The first-order valence-corrected chi connectivity index (χ1v) is 9.67. The molecular formula is C20H16BrClN2O4. The number of urea groups is 1. The highest BCUT2D eigenvalue weighted by Gasteiger charge is 2.37. The molecule has 2 aromatic carbocycles. The topological polar surface area (TPSA) is 75.7 Å². The fourth-order valence-electron chi connectivity index (χ4n) is 2.61. The first-order valence-electron chi connectivity index (χ1n) is 8.50. The van der Waals surface area contributed by atoms with Crippen molar-refractivity contribution >= 4 is 57.1 Å². The normalized spacial score (nSPS) is 15.8. The maximum atomic E-state index is 12.9. The predicted octanol–water partition coefficient (Wildman–Crippen LogP) is 4.56. The molecule has 1 fully saturated rings. The number of amides is 4. The summed E-state index contributed by atoms with van der Waals surface area (Å²) in [6.45, 7) is 2.58. The van der Waals surface area contributed by atoms with Gasteiger partial charge in [0.05, 0.1) is 21.8 Å². The number of para-hydroxylation sites is 1. The molecule has 0 saturated carbocycles. The van der Waals surface area contributed by atoms with Gasteiger partial charge in [-0.25, -0.2) is 9.69 Å². The Hall–Kier alpha value is -2.64. The first kappa shape index (κ1) is 20.1. The Balaban J connectivity index is 1.95. The third kappa shape index (κ3) is 4.10. The minimum Gasteiger partial charge on any atom is -0.492 e. The van der Waals surface area contributed by atoms with Gasteiger partial charge in [-0.3, -0.25) is 14.9 Å². The molecular weight excluding hydrogens is 448 g/mol. The van der Waals surface area contributed by atoms with E-state index in [1.54, 1.807) is 36.4 Å². The van der Waals surface area contributed by atoms with Gasteiger partial charge in [0.25, 0.3) is 11.8 Å². The first-order chi connectivity index (χ1) is 13.4. The van der Waals surface area contributed by atoms with E-state index < -0.39 is 17.8 Å². The molecule has 4 amide bonds. The number of ether oxygens (including phenoxy) is 1. The van der Waals surface area contributed by atoms with E-state index in [0.29, 0.717) is 22.4 Å². The van der Waals surface area contributed by atoms with Gasteiger partial charge in [-0.05, 0) is 58.3 Å². The lowest BCUT2D eigenvalue weighted by Crippen LogP contribution is -2.54. The van der Waals surface area contributed by atoms with E-state index in [4.69, 9.17) is 16.3 Å². The van der Waals surface area contributed by atoms with Crippen LogP contribution in [0.3, 0.4) is 0 Å².